The van der Waals surface area contributed by atoms with Gasteiger partial charge in [0.05, 0.1) is 20.4 Å². The SMILES string of the molecule is COc1ccc(CCNc2cnnc(Nc3c(C)cc(C)cc3C)n2)cc1OC. The largest absolute Gasteiger partial charge is 0.493 e. The fraction of sp³-hybridized carbons (Fsp3) is 0.318. The monoisotopic (exact) mass is 393 g/mol. The van der Waals surface area contributed by atoms with Gasteiger partial charge >= 0.3 is 0 Å². The number of ether oxygens (including phenoxy) is 2. The van der Waals surface area contributed by atoms with Crippen molar-refractivity contribution in [1.29, 1.82) is 0 Å². The Morgan fingerprint density at radius 3 is 2.34 bits per heavy atom. The number of nitrogens with one attached hydrogen (secondary N) is 2. The topological polar surface area (TPSA) is 81.2 Å². The Morgan fingerprint density at radius 2 is 1.66 bits per heavy atom. The molecule has 2 N–H and O–H groups in total. The van der Waals surface area contributed by atoms with Crippen LogP contribution in [0.15, 0.2) is 36.5 Å². The van der Waals surface area contributed by atoms with Crippen LogP contribution in [0.1, 0.15) is 22.3 Å². The molecule has 2 aromatic carbocycles. The van der Waals surface area contributed by atoms with Gasteiger partial charge in [-0.3, -0.25) is 0 Å². The Kier molecular flexibility index (Phi) is 6.49. The van der Waals surface area contributed by atoms with Gasteiger partial charge in [-0.25, -0.2) is 0 Å². The van der Waals surface area contributed by atoms with Crippen molar-refractivity contribution in [3.05, 3.63) is 58.8 Å². The minimum atomic E-state index is 0.469. The zero-order valence-corrected chi connectivity index (χ0v) is 17.5. The average molecular weight is 393 g/mol. The van der Waals surface area contributed by atoms with E-state index in [4.69, 9.17) is 9.47 Å². The van der Waals surface area contributed by atoms with Crippen LogP contribution in [0.5, 0.6) is 11.5 Å². The maximum atomic E-state index is 5.36. The molecule has 0 radical (unpaired) electrons. The highest BCUT2D eigenvalue weighted by molar-refractivity contribution is 5.64. The van der Waals surface area contributed by atoms with Crippen molar-refractivity contribution in [2.24, 2.45) is 0 Å². The maximum absolute atomic E-state index is 5.36. The van der Waals surface area contributed by atoms with Crippen molar-refractivity contribution < 1.29 is 9.47 Å². The number of benzene rings is 2. The van der Waals surface area contributed by atoms with Crippen molar-refractivity contribution in [2.75, 3.05) is 31.4 Å². The van der Waals surface area contributed by atoms with E-state index >= 15 is 0 Å². The minimum absolute atomic E-state index is 0.469. The summed E-state index contributed by atoms with van der Waals surface area (Å²) in [6, 6.07) is 10.2. The van der Waals surface area contributed by atoms with Crippen LogP contribution < -0.4 is 20.1 Å². The van der Waals surface area contributed by atoms with Crippen LogP contribution in [-0.2, 0) is 6.42 Å². The number of rotatable bonds is 8. The summed E-state index contributed by atoms with van der Waals surface area (Å²) in [4.78, 5) is 4.52. The number of nitrogens with zero attached hydrogens (tertiary/aromatic N) is 3. The minimum Gasteiger partial charge on any atom is -0.493 e. The van der Waals surface area contributed by atoms with E-state index in [1.807, 2.05) is 18.2 Å². The summed E-state index contributed by atoms with van der Waals surface area (Å²) in [6.45, 7) is 6.93. The van der Waals surface area contributed by atoms with Gasteiger partial charge in [-0.1, -0.05) is 23.8 Å². The number of hydrogen-bond acceptors (Lipinski definition) is 7. The molecule has 7 nitrogen and oxygen atoms in total. The molecule has 1 aromatic heterocycles. The molecule has 29 heavy (non-hydrogen) atoms. The van der Waals surface area contributed by atoms with Crippen LogP contribution >= 0.6 is 0 Å². The summed E-state index contributed by atoms with van der Waals surface area (Å²) < 4.78 is 10.6. The predicted molar refractivity (Wildman–Crippen MR) is 116 cm³/mol. The quantitative estimate of drug-likeness (QED) is 0.593. The Bertz CT molecular complexity index is 968. The molecule has 0 saturated heterocycles. The van der Waals surface area contributed by atoms with E-state index in [-0.39, 0.29) is 0 Å². The first-order chi connectivity index (χ1) is 14.0. The second kappa shape index (κ2) is 9.23. The van der Waals surface area contributed by atoms with E-state index in [1.165, 1.54) is 5.56 Å². The Balaban J connectivity index is 1.63. The summed E-state index contributed by atoms with van der Waals surface area (Å²) in [7, 11) is 3.27. The zero-order chi connectivity index (χ0) is 20.8. The molecule has 0 aliphatic heterocycles. The van der Waals surface area contributed by atoms with E-state index in [2.05, 4.69) is 58.7 Å². The highest BCUT2D eigenvalue weighted by Crippen LogP contribution is 2.28. The summed E-state index contributed by atoms with van der Waals surface area (Å²) in [6.07, 6.45) is 2.43. The molecule has 3 aromatic rings. The number of anilines is 3. The van der Waals surface area contributed by atoms with Gasteiger partial charge in [0.15, 0.2) is 17.3 Å². The van der Waals surface area contributed by atoms with Crippen LogP contribution in [0, 0.1) is 20.8 Å². The van der Waals surface area contributed by atoms with Crippen LogP contribution in [0.3, 0.4) is 0 Å². The molecule has 0 atom stereocenters. The Hall–Kier alpha value is -3.35. The summed E-state index contributed by atoms with van der Waals surface area (Å²) in [5.41, 5.74) is 5.69. The summed E-state index contributed by atoms with van der Waals surface area (Å²) >= 11 is 0. The average Bonchev–Trinajstić information content (AvgIpc) is 2.71. The van der Waals surface area contributed by atoms with E-state index in [1.54, 1.807) is 20.4 Å². The third kappa shape index (κ3) is 5.13. The van der Waals surface area contributed by atoms with Gasteiger partial charge in [0.1, 0.15) is 0 Å². The van der Waals surface area contributed by atoms with Crippen LogP contribution in [0.25, 0.3) is 0 Å². The highest BCUT2D eigenvalue weighted by atomic mass is 16.5. The van der Waals surface area contributed by atoms with Gasteiger partial charge in [0, 0.05) is 12.2 Å². The second-order valence-corrected chi connectivity index (χ2v) is 6.93. The molecular formula is C22H27N5O2. The number of aromatic nitrogens is 3. The standard InChI is InChI=1S/C22H27N5O2/c1-14-10-15(2)21(16(3)11-14)26-22-25-20(13-24-27-22)23-9-8-17-6-7-18(28-4)19(12-17)29-5/h6-7,10-13H,8-9H2,1-5H3,(H2,23,25,26,27). The Morgan fingerprint density at radius 1 is 0.931 bits per heavy atom. The van der Waals surface area contributed by atoms with Gasteiger partial charge in [-0.15, -0.1) is 5.10 Å². The lowest BCUT2D eigenvalue weighted by Gasteiger charge is -2.13. The van der Waals surface area contributed by atoms with Gasteiger partial charge in [-0.2, -0.15) is 10.1 Å². The smallest absolute Gasteiger partial charge is 0.249 e. The first-order valence-electron chi connectivity index (χ1n) is 9.49. The third-order valence-corrected chi connectivity index (χ3v) is 4.64. The molecule has 3 rings (SSSR count). The van der Waals surface area contributed by atoms with Crippen LogP contribution in [-0.4, -0.2) is 35.9 Å². The predicted octanol–water partition coefficient (Wildman–Crippen LogP) is 4.21. The molecule has 0 fully saturated rings. The highest BCUT2D eigenvalue weighted by Gasteiger charge is 2.08. The van der Waals surface area contributed by atoms with Gasteiger partial charge in [0.25, 0.3) is 0 Å². The molecule has 0 spiro atoms. The number of hydrogen-bond donors (Lipinski definition) is 2. The van der Waals surface area contributed by atoms with Crippen molar-refractivity contribution in [1.82, 2.24) is 15.2 Å². The van der Waals surface area contributed by atoms with Crippen molar-refractivity contribution in [3.8, 4) is 11.5 Å². The first-order valence-corrected chi connectivity index (χ1v) is 9.49. The lowest BCUT2D eigenvalue weighted by Crippen LogP contribution is -2.09. The number of aryl methyl sites for hydroxylation is 3. The van der Waals surface area contributed by atoms with E-state index in [0.29, 0.717) is 18.3 Å². The van der Waals surface area contributed by atoms with Crippen molar-refractivity contribution >= 4 is 17.5 Å². The lowest BCUT2D eigenvalue weighted by molar-refractivity contribution is 0.354. The Labute approximate surface area is 171 Å². The molecular weight excluding hydrogens is 366 g/mol. The number of methoxy groups -OCH3 is 2. The summed E-state index contributed by atoms with van der Waals surface area (Å²) in [5, 5.41) is 14.8. The molecule has 0 unspecified atom stereocenters. The fourth-order valence-corrected chi connectivity index (χ4v) is 3.30. The lowest BCUT2D eigenvalue weighted by atomic mass is 10.1. The van der Waals surface area contributed by atoms with E-state index in [0.717, 1.165) is 40.3 Å². The third-order valence-electron chi connectivity index (χ3n) is 4.64. The van der Waals surface area contributed by atoms with E-state index < -0.39 is 0 Å². The molecule has 0 aliphatic rings. The first kappa shape index (κ1) is 20.4. The van der Waals surface area contributed by atoms with Crippen molar-refractivity contribution in [2.45, 2.75) is 27.2 Å². The van der Waals surface area contributed by atoms with Crippen molar-refractivity contribution in [3.63, 3.8) is 0 Å². The van der Waals surface area contributed by atoms with Gasteiger partial charge in [0.2, 0.25) is 5.95 Å². The molecule has 7 heteroatoms. The van der Waals surface area contributed by atoms with Crippen LogP contribution in [0.4, 0.5) is 17.5 Å². The van der Waals surface area contributed by atoms with E-state index in [9.17, 15) is 0 Å². The normalized spacial score (nSPS) is 10.5. The molecule has 1 heterocycles. The maximum Gasteiger partial charge on any atom is 0.249 e. The second-order valence-electron chi connectivity index (χ2n) is 6.93. The molecule has 0 bridgehead atoms. The van der Waals surface area contributed by atoms with Gasteiger partial charge < -0.3 is 20.1 Å². The summed E-state index contributed by atoms with van der Waals surface area (Å²) in [5.74, 6) is 2.59. The van der Waals surface area contributed by atoms with Crippen LogP contribution in [0.2, 0.25) is 0 Å². The fourth-order valence-electron chi connectivity index (χ4n) is 3.30. The zero-order valence-electron chi connectivity index (χ0n) is 17.5. The molecule has 0 saturated carbocycles. The van der Waals surface area contributed by atoms with Gasteiger partial charge in [-0.05, 0) is 56.0 Å². The molecule has 0 aliphatic carbocycles. The molecule has 0 amide bonds. The molecule has 152 valence electrons.